The summed E-state index contributed by atoms with van der Waals surface area (Å²) in [5.41, 5.74) is 1.39. The molecule has 2 heterocycles. The molecule has 2 aromatic heterocycles. The molecule has 2 aromatic rings. The molecule has 3 rings (SSSR count). The first-order valence-corrected chi connectivity index (χ1v) is 7.86. The number of nitrogens with zero attached hydrogens (tertiary/aromatic N) is 1. The van der Waals surface area contributed by atoms with E-state index in [0.29, 0.717) is 6.61 Å². The van der Waals surface area contributed by atoms with Gasteiger partial charge < -0.3 is 10.4 Å². The molecule has 5 heteroatoms. The zero-order valence-corrected chi connectivity index (χ0v) is 11.7. The molecule has 0 aromatic carbocycles. The van der Waals surface area contributed by atoms with E-state index >= 15 is 0 Å². The number of rotatable bonds is 6. The molecular formula is C13H16N2OS2. The number of aliphatic hydroxyl groups excluding tert-OH is 1. The molecule has 0 bridgehead atoms. The average molecular weight is 280 g/mol. The summed E-state index contributed by atoms with van der Waals surface area (Å²) in [4.78, 5) is 5.70. The lowest BCUT2D eigenvalue weighted by Crippen LogP contribution is -2.25. The normalized spacial score (nSPS) is 16.9. The summed E-state index contributed by atoms with van der Waals surface area (Å²) < 4.78 is 0. The number of hydrogen-bond acceptors (Lipinski definition) is 5. The standard InChI is InChI=1S/C13H16N2OS2/c16-9-13(2-3-13)8-14-5-11-6-15-12(18-11)10-1-4-17-7-10/h1,4,6-7,14,16H,2-3,5,8-9H2. The molecule has 0 spiro atoms. The minimum Gasteiger partial charge on any atom is -0.396 e. The Morgan fingerprint density at radius 3 is 3.00 bits per heavy atom. The highest BCUT2D eigenvalue weighted by molar-refractivity contribution is 7.15. The van der Waals surface area contributed by atoms with Crippen molar-refractivity contribution in [1.82, 2.24) is 10.3 Å². The highest BCUT2D eigenvalue weighted by atomic mass is 32.1. The number of nitrogens with one attached hydrogen (secondary N) is 1. The van der Waals surface area contributed by atoms with Crippen LogP contribution in [0.1, 0.15) is 17.7 Å². The first kappa shape index (κ1) is 12.3. The maximum absolute atomic E-state index is 9.23. The smallest absolute Gasteiger partial charge is 0.124 e. The second-order valence-electron chi connectivity index (χ2n) is 4.91. The Balaban J connectivity index is 1.54. The van der Waals surface area contributed by atoms with Crippen molar-refractivity contribution in [2.75, 3.05) is 13.2 Å². The first-order chi connectivity index (χ1) is 8.81. The van der Waals surface area contributed by atoms with E-state index in [-0.39, 0.29) is 5.41 Å². The summed E-state index contributed by atoms with van der Waals surface area (Å²) in [5.74, 6) is 0. The molecule has 2 N–H and O–H groups in total. The van der Waals surface area contributed by atoms with Crippen LogP contribution < -0.4 is 5.32 Å². The van der Waals surface area contributed by atoms with E-state index in [9.17, 15) is 5.11 Å². The molecule has 0 unspecified atom stereocenters. The summed E-state index contributed by atoms with van der Waals surface area (Å²) in [6.45, 7) is 2.07. The number of hydrogen-bond donors (Lipinski definition) is 2. The second kappa shape index (κ2) is 5.09. The molecule has 0 atom stereocenters. The third kappa shape index (κ3) is 2.64. The Labute approximate surface area is 115 Å². The number of thiophene rings is 1. The Kier molecular flexibility index (Phi) is 3.48. The van der Waals surface area contributed by atoms with Gasteiger partial charge in [-0.15, -0.1) is 11.3 Å². The van der Waals surface area contributed by atoms with Crippen LogP contribution in [-0.4, -0.2) is 23.2 Å². The van der Waals surface area contributed by atoms with Crippen LogP contribution in [0.15, 0.2) is 23.0 Å². The molecule has 0 radical (unpaired) electrons. The van der Waals surface area contributed by atoms with Crippen molar-refractivity contribution in [2.45, 2.75) is 19.4 Å². The number of aliphatic hydroxyl groups is 1. The second-order valence-corrected chi connectivity index (χ2v) is 6.80. The third-order valence-electron chi connectivity index (χ3n) is 3.41. The van der Waals surface area contributed by atoms with E-state index in [4.69, 9.17) is 0 Å². The molecule has 3 nitrogen and oxygen atoms in total. The van der Waals surface area contributed by atoms with E-state index < -0.39 is 0 Å². The molecule has 0 saturated heterocycles. The maximum Gasteiger partial charge on any atom is 0.124 e. The van der Waals surface area contributed by atoms with Gasteiger partial charge in [-0.25, -0.2) is 4.98 Å². The van der Waals surface area contributed by atoms with Crippen molar-refractivity contribution in [3.8, 4) is 10.6 Å². The lowest BCUT2D eigenvalue weighted by molar-refractivity contribution is 0.207. The molecular weight excluding hydrogens is 264 g/mol. The van der Waals surface area contributed by atoms with Crippen molar-refractivity contribution < 1.29 is 5.11 Å². The van der Waals surface area contributed by atoms with E-state index in [0.717, 1.165) is 30.9 Å². The average Bonchev–Trinajstić information content (AvgIpc) is 2.84. The van der Waals surface area contributed by atoms with Crippen LogP contribution in [-0.2, 0) is 6.54 Å². The maximum atomic E-state index is 9.23. The van der Waals surface area contributed by atoms with Gasteiger partial charge in [-0.3, -0.25) is 0 Å². The minimum absolute atomic E-state index is 0.181. The Morgan fingerprint density at radius 2 is 2.33 bits per heavy atom. The van der Waals surface area contributed by atoms with Crippen molar-refractivity contribution in [3.63, 3.8) is 0 Å². The first-order valence-electron chi connectivity index (χ1n) is 6.10. The topological polar surface area (TPSA) is 45.1 Å². The monoisotopic (exact) mass is 280 g/mol. The van der Waals surface area contributed by atoms with Gasteiger partial charge >= 0.3 is 0 Å². The van der Waals surface area contributed by atoms with Gasteiger partial charge in [-0.2, -0.15) is 11.3 Å². The largest absolute Gasteiger partial charge is 0.396 e. The highest BCUT2D eigenvalue weighted by Crippen LogP contribution is 2.44. The van der Waals surface area contributed by atoms with E-state index in [1.54, 1.807) is 22.7 Å². The van der Waals surface area contributed by atoms with Crippen LogP contribution in [0.25, 0.3) is 10.6 Å². The molecule has 1 saturated carbocycles. The fourth-order valence-corrected chi connectivity index (χ4v) is 3.52. The van der Waals surface area contributed by atoms with E-state index in [2.05, 4.69) is 27.1 Å². The van der Waals surface area contributed by atoms with Crippen LogP contribution in [0.4, 0.5) is 0 Å². The summed E-state index contributed by atoms with van der Waals surface area (Å²) in [6, 6.07) is 2.10. The third-order valence-corrected chi connectivity index (χ3v) is 5.14. The van der Waals surface area contributed by atoms with Crippen molar-refractivity contribution in [1.29, 1.82) is 0 Å². The fourth-order valence-electron chi connectivity index (χ4n) is 1.93. The van der Waals surface area contributed by atoms with E-state index in [1.165, 1.54) is 10.4 Å². The van der Waals surface area contributed by atoms with E-state index in [1.807, 2.05) is 6.20 Å². The molecule has 1 fully saturated rings. The van der Waals surface area contributed by atoms with Gasteiger partial charge in [0.2, 0.25) is 0 Å². The highest BCUT2D eigenvalue weighted by Gasteiger charge is 2.41. The molecule has 18 heavy (non-hydrogen) atoms. The van der Waals surface area contributed by atoms with Crippen LogP contribution in [0.3, 0.4) is 0 Å². The fraction of sp³-hybridized carbons (Fsp3) is 0.462. The Hall–Kier alpha value is -0.750. The molecule has 96 valence electrons. The predicted molar refractivity (Wildman–Crippen MR) is 75.9 cm³/mol. The predicted octanol–water partition coefficient (Wildman–Crippen LogP) is 2.73. The lowest BCUT2D eigenvalue weighted by Gasteiger charge is -2.11. The summed E-state index contributed by atoms with van der Waals surface area (Å²) in [6.07, 6.45) is 4.25. The molecule has 0 amide bonds. The van der Waals surface area contributed by atoms with Crippen molar-refractivity contribution in [2.24, 2.45) is 5.41 Å². The van der Waals surface area contributed by atoms with Gasteiger partial charge in [0.1, 0.15) is 5.01 Å². The molecule has 1 aliphatic carbocycles. The van der Waals surface area contributed by atoms with Gasteiger partial charge in [0.25, 0.3) is 0 Å². The summed E-state index contributed by atoms with van der Waals surface area (Å²) in [5, 5.41) is 18.0. The van der Waals surface area contributed by atoms with Crippen molar-refractivity contribution in [3.05, 3.63) is 27.9 Å². The summed E-state index contributed by atoms with van der Waals surface area (Å²) in [7, 11) is 0. The SMILES string of the molecule is OCC1(CNCc2cnc(-c3ccsc3)s2)CC1. The van der Waals surface area contributed by atoms with Gasteiger partial charge in [0.05, 0.1) is 0 Å². The number of thiazole rings is 1. The van der Waals surface area contributed by atoms with Crippen LogP contribution in [0, 0.1) is 5.41 Å². The summed E-state index contributed by atoms with van der Waals surface area (Å²) >= 11 is 3.44. The Bertz CT molecular complexity index is 503. The van der Waals surface area contributed by atoms with Gasteiger partial charge in [-0.05, 0) is 24.3 Å². The van der Waals surface area contributed by atoms with Gasteiger partial charge in [0.15, 0.2) is 0 Å². The zero-order chi connectivity index (χ0) is 12.4. The Morgan fingerprint density at radius 1 is 1.44 bits per heavy atom. The van der Waals surface area contributed by atoms with Crippen molar-refractivity contribution >= 4 is 22.7 Å². The minimum atomic E-state index is 0.181. The zero-order valence-electron chi connectivity index (χ0n) is 10.1. The van der Waals surface area contributed by atoms with Crippen LogP contribution in [0.2, 0.25) is 0 Å². The van der Waals surface area contributed by atoms with Crippen LogP contribution in [0.5, 0.6) is 0 Å². The lowest BCUT2D eigenvalue weighted by atomic mass is 10.1. The van der Waals surface area contributed by atoms with Gasteiger partial charge in [-0.1, -0.05) is 0 Å². The number of aromatic nitrogens is 1. The molecule has 0 aliphatic heterocycles. The quantitative estimate of drug-likeness (QED) is 0.855. The van der Waals surface area contributed by atoms with Gasteiger partial charge in [0, 0.05) is 47.1 Å². The molecule has 1 aliphatic rings. The van der Waals surface area contributed by atoms with Crippen LogP contribution >= 0.6 is 22.7 Å².